The fraction of sp³-hybridized carbons (Fsp3) is 0.261. The average Bonchev–Trinajstić information content (AvgIpc) is 3.29. The summed E-state index contributed by atoms with van der Waals surface area (Å²) >= 11 is 0. The molecule has 0 atom stereocenters. The SMILES string of the molecule is CCNC(=NCc1ccccc1Cn1cccn1)NCCNC(=O)c1ccccc1O.I. The molecule has 2 aromatic carbocycles. The van der Waals surface area contributed by atoms with Gasteiger partial charge >= 0.3 is 0 Å². The van der Waals surface area contributed by atoms with E-state index in [1.807, 2.05) is 36.0 Å². The van der Waals surface area contributed by atoms with Gasteiger partial charge in [-0.3, -0.25) is 9.48 Å². The Hall–Kier alpha value is -3.08. The van der Waals surface area contributed by atoms with Crippen molar-refractivity contribution in [1.82, 2.24) is 25.7 Å². The number of aromatic nitrogens is 2. The number of aromatic hydroxyl groups is 1. The summed E-state index contributed by atoms with van der Waals surface area (Å²) in [6.07, 6.45) is 3.71. The largest absolute Gasteiger partial charge is 0.507 e. The first-order valence-electron chi connectivity index (χ1n) is 10.3. The average molecular weight is 548 g/mol. The number of nitrogens with one attached hydrogen (secondary N) is 3. The quantitative estimate of drug-likeness (QED) is 0.143. The predicted molar refractivity (Wildman–Crippen MR) is 136 cm³/mol. The summed E-state index contributed by atoms with van der Waals surface area (Å²) in [6, 6.07) is 16.6. The van der Waals surface area contributed by atoms with Crippen LogP contribution in [0, 0.1) is 0 Å². The molecule has 32 heavy (non-hydrogen) atoms. The Labute approximate surface area is 205 Å². The highest BCUT2D eigenvalue weighted by molar-refractivity contribution is 14.0. The van der Waals surface area contributed by atoms with Crippen molar-refractivity contribution in [2.24, 2.45) is 4.99 Å². The first kappa shape index (κ1) is 25.2. The van der Waals surface area contributed by atoms with Crippen molar-refractivity contribution in [2.45, 2.75) is 20.0 Å². The van der Waals surface area contributed by atoms with Crippen LogP contribution in [0.1, 0.15) is 28.4 Å². The number of aliphatic imine (C=N–C) groups is 1. The fourth-order valence-electron chi connectivity index (χ4n) is 3.06. The minimum Gasteiger partial charge on any atom is -0.507 e. The van der Waals surface area contributed by atoms with E-state index in [2.05, 4.69) is 38.2 Å². The highest BCUT2D eigenvalue weighted by Gasteiger charge is 2.09. The van der Waals surface area contributed by atoms with Crippen LogP contribution >= 0.6 is 24.0 Å². The zero-order chi connectivity index (χ0) is 21.9. The van der Waals surface area contributed by atoms with E-state index < -0.39 is 0 Å². The number of phenols is 1. The lowest BCUT2D eigenvalue weighted by Crippen LogP contribution is -2.41. The number of hydrogen-bond acceptors (Lipinski definition) is 4. The molecule has 0 aliphatic carbocycles. The van der Waals surface area contributed by atoms with Gasteiger partial charge in [0.25, 0.3) is 5.91 Å². The molecule has 0 aliphatic rings. The second kappa shape index (κ2) is 13.4. The Kier molecular flexibility index (Phi) is 10.5. The molecule has 0 saturated carbocycles. The van der Waals surface area contributed by atoms with E-state index in [-0.39, 0.29) is 41.2 Å². The summed E-state index contributed by atoms with van der Waals surface area (Å²) in [5, 5.41) is 23.3. The van der Waals surface area contributed by atoms with E-state index in [1.54, 1.807) is 24.4 Å². The van der Waals surface area contributed by atoms with Crippen LogP contribution in [0.4, 0.5) is 0 Å². The molecule has 0 saturated heterocycles. The van der Waals surface area contributed by atoms with Gasteiger partial charge in [-0.1, -0.05) is 36.4 Å². The molecule has 0 unspecified atom stereocenters. The van der Waals surface area contributed by atoms with Crippen molar-refractivity contribution >= 4 is 35.8 Å². The number of rotatable bonds is 9. The third-order valence-corrected chi connectivity index (χ3v) is 4.61. The Morgan fingerprint density at radius 3 is 2.44 bits per heavy atom. The van der Waals surface area contributed by atoms with Gasteiger partial charge in [0.2, 0.25) is 0 Å². The summed E-state index contributed by atoms with van der Waals surface area (Å²) in [7, 11) is 0. The lowest BCUT2D eigenvalue weighted by Gasteiger charge is -2.13. The van der Waals surface area contributed by atoms with E-state index in [9.17, 15) is 9.90 Å². The van der Waals surface area contributed by atoms with Gasteiger partial charge in [0.05, 0.1) is 18.7 Å². The van der Waals surface area contributed by atoms with Crippen molar-refractivity contribution in [3.8, 4) is 5.75 Å². The molecule has 0 spiro atoms. The molecular formula is C23H29IN6O2. The standard InChI is InChI=1S/C23H28N6O2.HI/c1-2-24-23(26-14-13-25-22(31)20-10-5-6-11-21(20)30)27-16-18-8-3-4-9-19(18)17-29-15-7-12-28-29;/h3-12,15,30H,2,13-14,16-17H2,1H3,(H,25,31)(H2,24,26,27);1H. The van der Waals surface area contributed by atoms with Gasteiger partial charge in [0, 0.05) is 32.0 Å². The van der Waals surface area contributed by atoms with E-state index in [0.717, 1.165) is 12.1 Å². The van der Waals surface area contributed by atoms with Gasteiger partial charge in [-0.15, -0.1) is 24.0 Å². The van der Waals surface area contributed by atoms with E-state index in [4.69, 9.17) is 0 Å². The Bertz CT molecular complexity index is 1010. The molecule has 3 aromatic rings. The Morgan fingerprint density at radius 1 is 1.00 bits per heavy atom. The van der Waals surface area contributed by atoms with E-state index in [0.29, 0.717) is 32.1 Å². The molecule has 8 nitrogen and oxygen atoms in total. The molecule has 4 N–H and O–H groups in total. The van der Waals surface area contributed by atoms with Crippen LogP contribution in [0.15, 0.2) is 72.0 Å². The van der Waals surface area contributed by atoms with Crippen molar-refractivity contribution in [1.29, 1.82) is 0 Å². The Morgan fingerprint density at radius 2 is 1.72 bits per heavy atom. The van der Waals surface area contributed by atoms with Gasteiger partial charge < -0.3 is 21.1 Å². The number of phenolic OH excluding ortho intramolecular Hbond substituents is 1. The minimum absolute atomic E-state index is 0. The lowest BCUT2D eigenvalue weighted by molar-refractivity contribution is 0.0951. The van der Waals surface area contributed by atoms with Gasteiger partial charge in [-0.25, -0.2) is 4.99 Å². The van der Waals surface area contributed by atoms with Crippen LogP contribution in [0.25, 0.3) is 0 Å². The molecule has 0 radical (unpaired) electrons. The van der Waals surface area contributed by atoms with Gasteiger partial charge in [0.15, 0.2) is 5.96 Å². The van der Waals surface area contributed by atoms with Crippen LogP contribution < -0.4 is 16.0 Å². The van der Waals surface area contributed by atoms with Crippen molar-refractivity contribution < 1.29 is 9.90 Å². The van der Waals surface area contributed by atoms with Crippen molar-refractivity contribution in [3.05, 3.63) is 83.7 Å². The number of benzene rings is 2. The normalized spacial score (nSPS) is 10.8. The van der Waals surface area contributed by atoms with E-state index in [1.165, 1.54) is 11.6 Å². The predicted octanol–water partition coefficient (Wildman–Crippen LogP) is 2.74. The highest BCUT2D eigenvalue weighted by atomic mass is 127. The maximum absolute atomic E-state index is 12.2. The van der Waals surface area contributed by atoms with Crippen molar-refractivity contribution in [3.63, 3.8) is 0 Å². The molecule has 1 heterocycles. The van der Waals surface area contributed by atoms with Crippen LogP contribution in [0.3, 0.4) is 0 Å². The number of para-hydroxylation sites is 1. The minimum atomic E-state index is -0.311. The third kappa shape index (κ3) is 7.56. The molecule has 170 valence electrons. The molecule has 9 heteroatoms. The van der Waals surface area contributed by atoms with Crippen LogP contribution in [0.2, 0.25) is 0 Å². The number of nitrogens with zero attached hydrogens (tertiary/aromatic N) is 3. The third-order valence-electron chi connectivity index (χ3n) is 4.61. The molecule has 1 aromatic heterocycles. The molecule has 3 rings (SSSR count). The number of hydrogen-bond donors (Lipinski definition) is 4. The van der Waals surface area contributed by atoms with E-state index >= 15 is 0 Å². The van der Waals surface area contributed by atoms with Gasteiger partial charge in [0.1, 0.15) is 5.75 Å². The zero-order valence-corrected chi connectivity index (χ0v) is 20.3. The molecule has 0 bridgehead atoms. The monoisotopic (exact) mass is 548 g/mol. The lowest BCUT2D eigenvalue weighted by atomic mass is 10.1. The topological polar surface area (TPSA) is 104 Å². The summed E-state index contributed by atoms with van der Waals surface area (Å²) in [4.78, 5) is 16.8. The second-order valence-electron chi connectivity index (χ2n) is 6.87. The fourth-order valence-corrected chi connectivity index (χ4v) is 3.06. The maximum Gasteiger partial charge on any atom is 0.255 e. The number of amides is 1. The second-order valence-corrected chi connectivity index (χ2v) is 6.87. The van der Waals surface area contributed by atoms with Crippen molar-refractivity contribution in [2.75, 3.05) is 19.6 Å². The number of guanidine groups is 1. The van der Waals surface area contributed by atoms with Gasteiger partial charge in [-0.05, 0) is 36.2 Å². The smallest absolute Gasteiger partial charge is 0.255 e. The molecular weight excluding hydrogens is 519 g/mol. The molecule has 0 fully saturated rings. The van der Waals surface area contributed by atoms with Crippen LogP contribution in [-0.4, -0.2) is 46.4 Å². The van der Waals surface area contributed by atoms with Crippen LogP contribution in [-0.2, 0) is 13.1 Å². The maximum atomic E-state index is 12.2. The molecule has 0 aliphatic heterocycles. The van der Waals surface area contributed by atoms with Crippen LogP contribution in [0.5, 0.6) is 5.75 Å². The summed E-state index contributed by atoms with van der Waals surface area (Å²) < 4.78 is 1.89. The summed E-state index contributed by atoms with van der Waals surface area (Å²) in [6.45, 7) is 4.85. The summed E-state index contributed by atoms with van der Waals surface area (Å²) in [5.74, 6) is 0.333. The summed E-state index contributed by atoms with van der Waals surface area (Å²) in [5.41, 5.74) is 2.56. The number of carbonyl (C=O) groups is 1. The number of carbonyl (C=O) groups excluding carboxylic acids is 1. The molecule has 1 amide bonds. The van der Waals surface area contributed by atoms with Gasteiger partial charge in [-0.2, -0.15) is 5.10 Å². The first-order valence-corrected chi connectivity index (χ1v) is 10.3. The first-order chi connectivity index (χ1) is 15.2. The Balaban J connectivity index is 0.00000363. The highest BCUT2D eigenvalue weighted by Crippen LogP contribution is 2.15. The zero-order valence-electron chi connectivity index (χ0n) is 18.0. The number of halogens is 1.